The van der Waals surface area contributed by atoms with E-state index in [1.54, 1.807) is 6.92 Å². The summed E-state index contributed by atoms with van der Waals surface area (Å²) in [4.78, 5) is 2.36. The Bertz CT molecular complexity index is 291. The Hall–Kier alpha value is -0.960. The fraction of sp³-hybridized carbons (Fsp3) is 0.250. The van der Waals surface area contributed by atoms with Crippen molar-refractivity contribution in [2.45, 2.75) is 6.92 Å². The van der Waals surface area contributed by atoms with Crippen molar-refractivity contribution in [3.8, 4) is 5.75 Å². The minimum Gasteiger partial charge on any atom is -0.495 e. The molecule has 0 heterocycles. The normalized spacial score (nSPS) is 9.67. The Morgan fingerprint density at radius 2 is 2.17 bits per heavy atom. The van der Waals surface area contributed by atoms with Crippen LogP contribution in [0.4, 0.5) is 10.1 Å². The first-order valence-corrected chi connectivity index (χ1v) is 3.78. The van der Waals surface area contributed by atoms with Crippen molar-refractivity contribution in [2.24, 2.45) is 0 Å². The van der Waals surface area contributed by atoms with Crippen molar-refractivity contribution in [3.63, 3.8) is 0 Å². The first-order chi connectivity index (χ1) is 5.70. The predicted molar refractivity (Wildman–Crippen MR) is 47.2 cm³/mol. The molecule has 0 radical (unpaired) electrons. The maximum atomic E-state index is 12.9. The van der Waals surface area contributed by atoms with E-state index in [2.05, 4.69) is 4.84 Å². The van der Waals surface area contributed by atoms with E-state index in [-0.39, 0.29) is 5.82 Å². The molecule has 1 aromatic carbocycles. The van der Waals surface area contributed by atoms with Gasteiger partial charge in [-0.3, -0.25) is 4.84 Å². The van der Waals surface area contributed by atoms with E-state index in [9.17, 15) is 4.39 Å². The number of benzene rings is 1. The van der Waals surface area contributed by atoms with Crippen LogP contribution in [0, 0.1) is 12.7 Å². The molecule has 0 spiro atoms. The molecular formula is C8H9ClFNO. The number of halogens is 2. The van der Waals surface area contributed by atoms with Gasteiger partial charge in [0.2, 0.25) is 0 Å². The lowest BCUT2D eigenvalue weighted by atomic mass is 10.2. The average molecular weight is 190 g/mol. The van der Waals surface area contributed by atoms with E-state index in [0.717, 1.165) is 0 Å². The number of anilines is 1. The van der Waals surface area contributed by atoms with Crippen LogP contribution in [0.15, 0.2) is 12.1 Å². The lowest BCUT2D eigenvalue weighted by molar-refractivity contribution is 0.415. The van der Waals surface area contributed by atoms with E-state index in [0.29, 0.717) is 17.0 Å². The van der Waals surface area contributed by atoms with Crippen molar-refractivity contribution >= 4 is 17.5 Å². The number of nitrogens with one attached hydrogen (secondary N) is 1. The molecule has 4 heteroatoms. The first-order valence-electron chi connectivity index (χ1n) is 3.40. The summed E-state index contributed by atoms with van der Waals surface area (Å²) in [6.45, 7) is 1.63. The van der Waals surface area contributed by atoms with Crippen molar-refractivity contribution in [2.75, 3.05) is 11.9 Å². The molecule has 0 amide bonds. The van der Waals surface area contributed by atoms with Gasteiger partial charge in [-0.05, 0) is 19.1 Å². The van der Waals surface area contributed by atoms with Crippen LogP contribution in [0.5, 0.6) is 5.75 Å². The van der Waals surface area contributed by atoms with E-state index in [1.165, 1.54) is 19.2 Å². The van der Waals surface area contributed by atoms with Gasteiger partial charge in [-0.1, -0.05) is 0 Å². The topological polar surface area (TPSA) is 21.3 Å². The molecule has 1 rings (SSSR count). The lowest BCUT2D eigenvalue weighted by Gasteiger charge is -2.09. The molecule has 2 nitrogen and oxygen atoms in total. The molecule has 0 saturated carbocycles. The molecule has 0 atom stereocenters. The van der Waals surface area contributed by atoms with Crippen molar-refractivity contribution in [1.29, 1.82) is 0 Å². The number of methoxy groups -OCH3 is 1. The van der Waals surface area contributed by atoms with Crippen LogP contribution < -0.4 is 9.57 Å². The summed E-state index contributed by atoms with van der Waals surface area (Å²) < 4.78 is 17.9. The zero-order chi connectivity index (χ0) is 9.14. The zero-order valence-corrected chi connectivity index (χ0v) is 7.57. The van der Waals surface area contributed by atoms with Gasteiger partial charge in [-0.2, -0.15) is 0 Å². The minimum atomic E-state index is -0.307. The molecular weight excluding hydrogens is 181 g/mol. The minimum absolute atomic E-state index is 0.307. The summed E-state index contributed by atoms with van der Waals surface area (Å²) in [5.74, 6) is 0.225. The molecule has 0 aliphatic heterocycles. The standard InChI is InChI=1S/C8H9ClFNO/c1-5-6(10)3-4-7(12-2)8(5)11-9/h3-4,11H,1-2H3. The van der Waals surface area contributed by atoms with Gasteiger partial charge >= 0.3 is 0 Å². The van der Waals surface area contributed by atoms with Crippen LogP contribution >= 0.6 is 11.8 Å². The molecule has 0 unspecified atom stereocenters. The summed E-state index contributed by atoms with van der Waals surface area (Å²) in [6.07, 6.45) is 0. The predicted octanol–water partition coefficient (Wildman–Crippen LogP) is 2.71. The molecule has 0 aliphatic rings. The van der Waals surface area contributed by atoms with Gasteiger partial charge < -0.3 is 4.74 Å². The number of ether oxygens (including phenoxy) is 1. The third kappa shape index (κ3) is 1.46. The van der Waals surface area contributed by atoms with Crippen LogP contribution in [-0.2, 0) is 0 Å². The number of hydrogen-bond acceptors (Lipinski definition) is 2. The molecule has 12 heavy (non-hydrogen) atoms. The summed E-state index contributed by atoms with van der Waals surface area (Å²) in [6, 6.07) is 2.86. The van der Waals surface area contributed by atoms with E-state index >= 15 is 0 Å². The molecule has 0 saturated heterocycles. The SMILES string of the molecule is COc1ccc(F)c(C)c1NCl. The number of rotatable bonds is 2. The summed E-state index contributed by atoms with van der Waals surface area (Å²) >= 11 is 5.39. The second-order valence-corrected chi connectivity index (χ2v) is 2.53. The van der Waals surface area contributed by atoms with Crippen molar-refractivity contribution in [1.82, 2.24) is 0 Å². The Kier molecular flexibility index (Phi) is 2.76. The second-order valence-electron chi connectivity index (χ2n) is 2.34. The monoisotopic (exact) mass is 189 g/mol. The average Bonchev–Trinajstić information content (AvgIpc) is 2.09. The van der Waals surface area contributed by atoms with Crippen molar-refractivity contribution < 1.29 is 9.13 Å². The molecule has 0 aromatic heterocycles. The van der Waals surface area contributed by atoms with E-state index in [1.807, 2.05) is 0 Å². The van der Waals surface area contributed by atoms with Crippen LogP contribution in [0.3, 0.4) is 0 Å². The van der Waals surface area contributed by atoms with Crippen LogP contribution in [0.2, 0.25) is 0 Å². The third-order valence-corrected chi connectivity index (χ3v) is 1.86. The quantitative estimate of drug-likeness (QED) is 0.723. The highest BCUT2D eigenvalue weighted by atomic mass is 35.5. The molecule has 0 bridgehead atoms. The Morgan fingerprint density at radius 1 is 1.50 bits per heavy atom. The highest BCUT2D eigenvalue weighted by Gasteiger charge is 2.08. The molecule has 0 aliphatic carbocycles. The van der Waals surface area contributed by atoms with Gasteiger partial charge in [0.15, 0.2) is 0 Å². The van der Waals surface area contributed by atoms with Gasteiger partial charge in [0.05, 0.1) is 12.8 Å². The van der Waals surface area contributed by atoms with Crippen LogP contribution in [-0.4, -0.2) is 7.11 Å². The lowest BCUT2D eigenvalue weighted by Crippen LogP contribution is -1.94. The van der Waals surface area contributed by atoms with Gasteiger partial charge in [0, 0.05) is 17.3 Å². The van der Waals surface area contributed by atoms with Gasteiger partial charge in [0.25, 0.3) is 0 Å². The smallest absolute Gasteiger partial charge is 0.143 e. The Balaban J connectivity index is 3.25. The highest BCUT2D eigenvalue weighted by Crippen LogP contribution is 2.30. The Labute approximate surface area is 75.4 Å². The maximum Gasteiger partial charge on any atom is 0.143 e. The fourth-order valence-corrected chi connectivity index (χ4v) is 1.18. The maximum absolute atomic E-state index is 12.9. The van der Waals surface area contributed by atoms with E-state index in [4.69, 9.17) is 16.5 Å². The second kappa shape index (κ2) is 3.63. The fourth-order valence-electron chi connectivity index (χ4n) is 0.949. The molecule has 1 aromatic rings. The summed E-state index contributed by atoms with van der Waals surface area (Å²) in [5.41, 5.74) is 0.920. The zero-order valence-electron chi connectivity index (χ0n) is 6.82. The third-order valence-electron chi connectivity index (χ3n) is 1.68. The first kappa shape index (κ1) is 9.13. The molecule has 66 valence electrons. The molecule has 0 fully saturated rings. The highest BCUT2D eigenvalue weighted by molar-refractivity contribution is 6.24. The van der Waals surface area contributed by atoms with Crippen LogP contribution in [0.1, 0.15) is 5.56 Å². The Morgan fingerprint density at radius 3 is 2.67 bits per heavy atom. The van der Waals surface area contributed by atoms with Gasteiger partial charge in [0.1, 0.15) is 11.6 Å². The van der Waals surface area contributed by atoms with E-state index < -0.39 is 0 Å². The summed E-state index contributed by atoms with van der Waals surface area (Å²) in [7, 11) is 1.50. The van der Waals surface area contributed by atoms with Gasteiger partial charge in [-0.15, -0.1) is 0 Å². The van der Waals surface area contributed by atoms with Gasteiger partial charge in [-0.25, -0.2) is 4.39 Å². The largest absolute Gasteiger partial charge is 0.495 e. The summed E-state index contributed by atoms with van der Waals surface area (Å²) in [5, 5.41) is 0. The number of hydrogen-bond donors (Lipinski definition) is 1. The van der Waals surface area contributed by atoms with Crippen molar-refractivity contribution in [3.05, 3.63) is 23.5 Å². The molecule has 1 N–H and O–H groups in total. The van der Waals surface area contributed by atoms with Crippen LogP contribution in [0.25, 0.3) is 0 Å².